The van der Waals surface area contributed by atoms with Crippen LogP contribution >= 0.6 is 0 Å². The molecule has 132 valence electrons. The van der Waals surface area contributed by atoms with Gasteiger partial charge in [-0.3, -0.25) is 4.79 Å². The average molecular weight is 345 g/mol. The lowest BCUT2D eigenvalue weighted by Gasteiger charge is -2.23. The number of nitrogens with one attached hydrogen (secondary N) is 2. The molecule has 0 unspecified atom stereocenters. The SMILES string of the molecule is N#Cc1ccccc1/C=C/C(=O)Nc1ccc(NC2CCCCC2)cc1. The van der Waals surface area contributed by atoms with Crippen LogP contribution in [0.15, 0.2) is 54.6 Å². The Kier molecular flexibility index (Phi) is 6.05. The summed E-state index contributed by atoms with van der Waals surface area (Å²) < 4.78 is 0. The Morgan fingerprint density at radius 1 is 1.00 bits per heavy atom. The first kappa shape index (κ1) is 17.8. The molecule has 2 aromatic rings. The van der Waals surface area contributed by atoms with Crippen molar-refractivity contribution in [1.82, 2.24) is 0 Å². The summed E-state index contributed by atoms with van der Waals surface area (Å²) in [5, 5.41) is 15.5. The predicted molar refractivity (Wildman–Crippen MR) is 106 cm³/mol. The normalized spacial score (nSPS) is 14.7. The molecule has 1 saturated carbocycles. The van der Waals surface area contributed by atoms with Crippen LogP contribution in [0.2, 0.25) is 0 Å². The lowest BCUT2D eigenvalue weighted by Crippen LogP contribution is -2.22. The molecule has 0 spiro atoms. The highest BCUT2D eigenvalue weighted by Crippen LogP contribution is 2.22. The van der Waals surface area contributed by atoms with Crippen LogP contribution in [-0.2, 0) is 4.79 Å². The maximum atomic E-state index is 12.1. The Bertz CT molecular complexity index is 812. The van der Waals surface area contributed by atoms with Crippen molar-refractivity contribution in [3.8, 4) is 6.07 Å². The van der Waals surface area contributed by atoms with E-state index in [2.05, 4.69) is 16.7 Å². The zero-order valence-corrected chi connectivity index (χ0v) is 14.7. The van der Waals surface area contributed by atoms with Crippen molar-refractivity contribution in [2.75, 3.05) is 10.6 Å². The molecular formula is C22H23N3O. The molecule has 0 saturated heterocycles. The van der Waals surface area contributed by atoms with E-state index in [1.807, 2.05) is 36.4 Å². The van der Waals surface area contributed by atoms with Gasteiger partial charge in [0.15, 0.2) is 0 Å². The zero-order valence-electron chi connectivity index (χ0n) is 14.7. The van der Waals surface area contributed by atoms with E-state index in [0.717, 1.165) is 16.9 Å². The fraction of sp³-hybridized carbons (Fsp3) is 0.273. The Hall–Kier alpha value is -3.06. The van der Waals surface area contributed by atoms with Crippen molar-refractivity contribution >= 4 is 23.4 Å². The van der Waals surface area contributed by atoms with Gasteiger partial charge in [-0.1, -0.05) is 37.5 Å². The lowest BCUT2D eigenvalue weighted by molar-refractivity contribution is -0.111. The van der Waals surface area contributed by atoms with Crippen LogP contribution in [0.3, 0.4) is 0 Å². The fourth-order valence-electron chi connectivity index (χ4n) is 3.23. The summed E-state index contributed by atoms with van der Waals surface area (Å²) in [6.07, 6.45) is 9.51. The molecule has 4 heteroatoms. The lowest BCUT2D eigenvalue weighted by atomic mass is 9.95. The maximum Gasteiger partial charge on any atom is 0.248 e. The van der Waals surface area contributed by atoms with E-state index in [1.165, 1.54) is 38.2 Å². The molecule has 1 amide bonds. The van der Waals surface area contributed by atoms with Gasteiger partial charge >= 0.3 is 0 Å². The van der Waals surface area contributed by atoms with Crippen molar-refractivity contribution in [2.45, 2.75) is 38.1 Å². The molecule has 0 radical (unpaired) electrons. The van der Waals surface area contributed by atoms with E-state index in [4.69, 9.17) is 5.26 Å². The monoisotopic (exact) mass is 345 g/mol. The smallest absolute Gasteiger partial charge is 0.248 e. The number of hydrogen-bond donors (Lipinski definition) is 2. The van der Waals surface area contributed by atoms with Crippen molar-refractivity contribution in [1.29, 1.82) is 5.26 Å². The van der Waals surface area contributed by atoms with Gasteiger partial charge in [0.05, 0.1) is 11.6 Å². The van der Waals surface area contributed by atoms with E-state index in [0.29, 0.717) is 11.6 Å². The van der Waals surface area contributed by atoms with Gasteiger partial charge < -0.3 is 10.6 Å². The zero-order chi connectivity index (χ0) is 18.2. The van der Waals surface area contributed by atoms with Crippen LogP contribution < -0.4 is 10.6 Å². The summed E-state index contributed by atoms with van der Waals surface area (Å²) in [7, 11) is 0. The van der Waals surface area contributed by atoms with Gasteiger partial charge in [0.25, 0.3) is 0 Å². The summed E-state index contributed by atoms with van der Waals surface area (Å²) in [6, 6.07) is 17.7. The van der Waals surface area contributed by atoms with Gasteiger partial charge in [-0.05, 0) is 54.8 Å². The van der Waals surface area contributed by atoms with Crippen LogP contribution in [0.4, 0.5) is 11.4 Å². The number of nitriles is 1. The highest BCUT2D eigenvalue weighted by molar-refractivity contribution is 6.02. The van der Waals surface area contributed by atoms with Gasteiger partial charge in [0, 0.05) is 23.5 Å². The topological polar surface area (TPSA) is 64.9 Å². The van der Waals surface area contributed by atoms with Crippen LogP contribution in [0.1, 0.15) is 43.2 Å². The molecule has 1 aliphatic carbocycles. The number of hydrogen-bond acceptors (Lipinski definition) is 3. The Morgan fingerprint density at radius 2 is 1.69 bits per heavy atom. The highest BCUT2D eigenvalue weighted by atomic mass is 16.1. The van der Waals surface area contributed by atoms with E-state index < -0.39 is 0 Å². The molecule has 1 aliphatic rings. The Labute approximate surface area is 154 Å². The van der Waals surface area contributed by atoms with Gasteiger partial charge in [-0.15, -0.1) is 0 Å². The van der Waals surface area contributed by atoms with Gasteiger partial charge in [-0.25, -0.2) is 0 Å². The molecule has 0 aromatic heterocycles. The van der Waals surface area contributed by atoms with Gasteiger partial charge in [0.1, 0.15) is 0 Å². The molecule has 2 aromatic carbocycles. The minimum atomic E-state index is -0.217. The summed E-state index contributed by atoms with van der Waals surface area (Å²) >= 11 is 0. The fourth-order valence-corrected chi connectivity index (χ4v) is 3.23. The first-order chi connectivity index (χ1) is 12.7. The number of nitrogens with zero attached hydrogens (tertiary/aromatic N) is 1. The molecule has 0 bridgehead atoms. The summed E-state index contributed by atoms with van der Waals surface area (Å²) in [6.45, 7) is 0. The molecule has 0 heterocycles. The second-order valence-electron chi connectivity index (χ2n) is 6.58. The number of anilines is 2. The van der Waals surface area contributed by atoms with Crippen molar-refractivity contribution in [2.24, 2.45) is 0 Å². The number of benzene rings is 2. The van der Waals surface area contributed by atoms with E-state index in [-0.39, 0.29) is 5.91 Å². The highest BCUT2D eigenvalue weighted by Gasteiger charge is 2.12. The molecule has 2 N–H and O–H groups in total. The first-order valence-electron chi connectivity index (χ1n) is 9.09. The van der Waals surface area contributed by atoms with Gasteiger partial charge in [0.2, 0.25) is 5.91 Å². The van der Waals surface area contributed by atoms with Gasteiger partial charge in [-0.2, -0.15) is 5.26 Å². The predicted octanol–water partition coefficient (Wildman–Crippen LogP) is 4.95. The molecule has 0 atom stereocenters. The number of carbonyl (C=O) groups excluding carboxylic acids is 1. The van der Waals surface area contributed by atoms with Crippen molar-refractivity contribution < 1.29 is 4.79 Å². The number of rotatable bonds is 5. The number of carbonyl (C=O) groups is 1. The molecule has 26 heavy (non-hydrogen) atoms. The summed E-state index contributed by atoms with van der Waals surface area (Å²) in [5.41, 5.74) is 3.13. The van der Waals surface area contributed by atoms with Crippen LogP contribution in [0, 0.1) is 11.3 Å². The summed E-state index contributed by atoms with van der Waals surface area (Å²) in [4.78, 5) is 12.1. The van der Waals surface area contributed by atoms with Crippen LogP contribution in [0.5, 0.6) is 0 Å². The standard InChI is InChI=1S/C22H23N3O/c23-16-18-7-5-4-6-17(18)10-15-22(26)25-21-13-11-20(12-14-21)24-19-8-2-1-3-9-19/h4-7,10-15,19,24H,1-3,8-9H2,(H,25,26)/b15-10+. The molecule has 4 nitrogen and oxygen atoms in total. The van der Waals surface area contributed by atoms with Crippen LogP contribution in [0.25, 0.3) is 6.08 Å². The third-order valence-electron chi connectivity index (χ3n) is 4.62. The molecule has 3 rings (SSSR count). The van der Waals surface area contributed by atoms with E-state index in [9.17, 15) is 4.79 Å². The minimum Gasteiger partial charge on any atom is -0.382 e. The maximum absolute atomic E-state index is 12.1. The van der Waals surface area contributed by atoms with E-state index in [1.54, 1.807) is 18.2 Å². The van der Waals surface area contributed by atoms with E-state index >= 15 is 0 Å². The molecule has 0 aliphatic heterocycles. The second kappa shape index (κ2) is 8.87. The first-order valence-corrected chi connectivity index (χ1v) is 9.09. The van der Waals surface area contributed by atoms with Crippen molar-refractivity contribution in [3.05, 3.63) is 65.7 Å². The second-order valence-corrected chi connectivity index (χ2v) is 6.58. The largest absolute Gasteiger partial charge is 0.382 e. The summed E-state index contributed by atoms with van der Waals surface area (Å²) in [5.74, 6) is -0.217. The minimum absolute atomic E-state index is 0.217. The number of amides is 1. The van der Waals surface area contributed by atoms with Crippen LogP contribution in [-0.4, -0.2) is 11.9 Å². The molecular weight excluding hydrogens is 322 g/mol. The third-order valence-corrected chi connectivity index (χ3v) is 4.62. The average Bonchev–Trinajstić information content (AvgIpc) is 2.69. The Balaban J connectivity index is 1.55. The third kappa shape index (κ3) is 4.97. The Morgan fingerprint density at radius 3 is 2.42 bits per heavy atom. The molecule has 1 fully saturated rings. The van der Waals surface area contributed by atoms with Crippen molar-refractivity contribution in [3.63, 3.8) is 0 Å². The quantitative estimate of drug-likeness (QED) is 0.753.